The van der Waals surface area contributed by atoms with Crippen molar-refractivity contribution in [2.75, 3.05) is 13.7 Å². The van der Waals surface area contributed by atoms with Crippen LogP contribution in [0.5, 0.6) is 11.6 Å². The van der Waals surface area contributed by atoms with Crippen molar-refractivity contribution in [2.24, 2.45) is 0 Å². The number of benzene rings is 1. The fourth-order valence-corrected chi connectivity index (χ4v) is 2.79. The van der Waals surface area contributed by atoms with E-state index in [0.717, 1.165) is 47.5 Å². The van der Waals surface area contributed by atoms with Gasteiger partial charge in [-0.2, -0.15) is 0 Å². The highest BCUT2D eigenvalue weighted by Gasteiger charge is 2.20. The summed E-state index contributed by atoms with van der Waals surface area (Å²) in [5.41, 5.74) is 3.10. The van der Waals surface area contributed by atoms with E-state index < -0.39 is 0 Å². The maximum atomic E-state index is 6.30. The Labute approximate surface area is 111 Å². The van der Waals surface area contributed by atoms with E-state index >= 15 is 0 Å². The lowest BCUT2D eigenvalue weighted by Gasteiger charge is -2.20. The average Bonchev–Trinajstić information content (AvgIpc) is 2.39. The standard InChI is InChI=1S/C14H14ClNO2/c1-8-9-4-3-7-18-14(9)16-13-11(17-2)6-5-10(15)12(8)13/h5-6H,3-4,7H2,1-2H3. The van der Waals surface area contributed by atoms with Gasteiger partial charge in [0.1, 0.15) is 11.3 Å². The number of halogens is 1. The quantitative estimate of drug-likeness (QED) is 0.789. The van der Waals surface area contributed by atoms with Crippen LogP contribution in [-0.2, 0) is 6.42 Å². The molecule has 18 heavy (non-hydrogen) atoms. The number of nitrogens with zero attached hydrogens (tertiary/aromatic N) is 1. The molecule has 2 aromatic rings. The molecule has 0 spiro atoms. The predicted octanol–water partition coefficient (Wildman–Crippen LogP) is 3.53. The number of aromatic nitrogens is 1. The zero-order valence-electron chi connectivity index (χ0n) is 10.4. The summed E-state index contributed by atoms with van der Waals surface area (Å²) >= 11 is 6.30. The molecule has 0 radical (unpaired) electrons. The van der Waals surface area contributed by atoms with Gasteiger partial charge in [0.05, 0.1) is 18.7 Å². The molecule has 94 valence electrons. The Bertz CT molecular complexity index is 625. The second-order valence-corrected chi connectivity index (χ2v) is 4.85. The monoisotopic (exact) mass is 263 g/mol. The summed E-state index contributed by atoms with van der Waals surface area (Å²) in [4.78, 5) is 4.58. The summed E-state index contributed by atoms with van der Waals surface area (Å²) in [5, 5.41) is 1.68. The molecule has 0 fully saturated rings. The van der Waals surface area contributed by atoms with E-state index in [1.54, 1.807) is 7.11 Å². The van der Waals surface area contributed by atoms with E-state index in [1.807, 2.05) is 12.1 Å². The molecule has 3 nitrogen and oxygen atoms in total. The summed E-state index contributed by atoms with van der Waals surface area (Å²) in [5.74, 6) is 1.46. The summed E-state index contributed by atoms with van der Waals surface area (Å²) < 4.78 is 11.0. The lowest BCUT2D eigenvalue weighted by Crippen LogP contribution is -2.12. The molecule has 4 heteroatoms. The van der Waals surface area contributed by atoms with Gasteiger partial charge in [-0.25, -0.2) is 4.98 Å². The molecule has 1 aromatic heterocycles. The number of fused-ring (bicyclic) bond motifs is 2. The van der Waals surface area contributed by atoms with E-state index in [2.05, 4.69) is 11.9 Å². The van der Waals surface area contributed by atoms with Gasteiger partial charge in [-0.05, 0) is 37.5 Å². The third-order valence-corrected chi connectivity index (χ3v) is 3.73. The maximum Gasteiger partial charge on any atom is 0.217 e. The SMILES string of the molecule is COc1ccc(Cl)c2c(C)c3c(nc12)OCCC3. The minimum Gasteiger partial charge on any atom is -0.494 e. The average molecular weight is 264 g/mol. The van der Waals surface area contributed by atoms with Crippen molar-refractivity contribution < 1.29 is 9.47 Å². The van der Waals surface area contributed by atoms with Crippen LogP contribution in [-0.4, -0.2) is 18.7 Å². The molecular formula is C14H14ClNO2. The molecule has 0 aliphatic carbocycles. The van der Waals surface area contributed by atoms with Gasteiger partial charge in [0.15, 0.2) is 0 Å². The normalized spacial score (nSPS) is 14.2. The Morgan fingerprint density at radius 3 is 3.00 bits per heavy atom. The third-order valence-electron chi connectivity index (χ3n) is 3.42. The van der Waals surface area contributed by atoms with Crippen LogP contribution in [0, 0.1) is 6.92 Å². The van der Waals surface area contributed by atoms with Crippen LogP contribution in [0.25, 0.3) is 10.9 Å². The van der Waals surface area contributed by atoms with Gasteiger partial charge in [0.25, 0.3) is 0 Å². The van der Waals surface area contributed by atoms with E-state index in [9.17, 15) is 0 Å². The Balaban J connectivity index is 2.41. The van der Waals surface area contributed by atoms with Crippen molar-refractivity contribution in [1.82, 2.24) is 4.98 Å². The lowest BCUT2D eigenvalue weighted by molar-refractivity contribution is 0.276. The Morgan fingerprint density at radius 2 is 2.22 bits per heavy atom. The van der Waals surface area contributed by atoms with Gasteiger partial charge < -0.3 is 9.47 Å². The minimum absolute atomic E-state index is 0.712. The number of hydrogen-bond acceptors (Lipinski definition) is 3. The second-order valence-electron chi connectivity index (χ2n) is 4.45. The van der Waals surface area contributed by atoms with Gasteiger partial charge in [-0.3, -0.25) is 0 Å². The van der Waals surface area contributed by atoms with Crippen molar-refractivity contribution in [3.63, 3.8) is 0 Å². The number of rotatable bonds is 1. The van der Waals surface area contributed by atoms with Crippen molar-refractivity contribution >= 4 is 22.5 Å². The summed E-state index contributed by atoms with van der Waals surface area (Å²) in [6.45, 7) is 2.80. The van der Waals surface area contributed by atoms with Gasteiger partial charge in [0.2, 0.25) is 5.88 Å². The Kier molecular flexibility index (Phi) is 2.78. The highest BCUT2D eigenvalue weighted by atomic mass is 35.5. The molecule has 0 amide bonds. The van der Waals surface area contributed by atoms with Gasteiger partial charge in [-0.15, -0.1) is 0 Å². The van der Waals surface area contributed by atoms with E-state index in [0.29, 0.717) is 5.02 Å². The molecule has 0 bridgehead atoms. The zero-order valence-corrected chi connectivity index (χ0v) is 11.2. The number of ether oxygens (including phenoxy) is 2. The molecular weight excluding hydrogens is 250 g/mol. The third kappa shape index (κ3) is 1.62. The van der Waals surface area contributed by atoms with Crippen molar-refractivity contribution in [3.8, 4) is 11.6 Å². The molecule has 1 aliphatic heterocycles. The summed E-state index contributed by atoms with van der Waals surface area (Å²) in [6, 6.07) is 3.69. The predicted molar refractivity (Wildman–Crippen MR) is 71.9 cm³/mol. The first-order valence-electron chi connectivity index (χ1n) is 6.01. The second kappa shape index (κ2) is 4.32. The maximum absolute atomic E-state index is 6.30. The molecule has 1 aliphatic rings. The number of hydrogen-bond donors (Lipinski definition) is 0. The first-order chi connectivity index (χ1) is 8.72. The highest BCUT2D eigenvalue weighted by Crippen LogP contribution is 2.38. The van der Waals surface area contributed by atoms with Gasteiger partial charge >= 0.3 is 0 Å². The van der Waals surface area contributed by atoms with E-state index in [-0.39, 0.29) is 0 Å². The van der Waals surface area contributed by atoms with Gasteiger partial charge in [-0.1, -0.05) is 11.6 Å². The van der Waals surface area contributed by atoms with Crippen LogP contribution in [0.1, 0.15) is 17.5 Å². The van der Waals surface area contributed by atoms with Crippen LogP contribution >= 0.6 is 11.6 Å². The van der Waals surface area contributed by atoms with Crippen LogP contribution in [0.2, 0.25) is 5.02 Å². The number of pyridine rings is 1. The fourth-order valence-electron chi connectivity index (χ4n) is 2.49. The Morgan fingerprint density at radius 1 is 1.39 bits per heavy atom. The zero-order chi connectivity index (χ0) is 12.7. The molecule has 0 saturated heterocycles. The molecule has 3 rings (SSSR count). The van der Waals surface area contributed by atoms with Crippen molar-refractivity contribution in [2.45, 2.75) is 19.8 Å². The van der Waals surface area contributed by atoms with Gasteiger partial charge in [0, 0.05) is 10.9 Å². The number of aryl methyl sites for hydroxylation is 1. The molecule has 2 heterocycles. The number of methoxy groups -OCH3 is 1. The van der Waals surface area contributed by atoms with Crippen molar-refractivity contribution in [1.29, 1.82) is 0 Å². The molecule has 0 N–H and O–H groups in total. The minimum atomic E-state index is 0.712. The molecule has 0 unspecified atom stereocenters. The van der Waals surface area contributed by atoms with E-state index in [1.165, 1.54) is 5.56 Å². The first kappa shape index (κ1) is 11.6. The smallest absolute Gasteiger partial charge is 0.217 e. The molecule has 0 saturated carbocycles. The topological polar surface area (TPSA) is 31.4 Å². The Hall–Kier alpha value is -1.48. The van der Waals surface area contributed by atoms with Crippen molar-refractivity contribution in [3.05, 3.63) is 28.3 Å². The van der Waals surface area contributed by atoms with Crippen LogP contribution in [0.4, 0.5) is 0 Å². The van der Waals surface area contributed by atoms with Crippen LogP contribution < -0.4 is 9.47 Å². The molecule has 1 aromatic carbocycles. The summed E-state index contributed by atoms with van der Waals surface area (Å²) in [7, 11) is 1.64. The fraction of sp³-hybridized carbons (Fsp3) is 0.357. The van der Waals surface area contributed by atoms with E-state index in [4.69, 9.17) is 21.1 Å². The first-order valence-corrected chi connectivity index (χ1v) is 6.38. The van der Waals surface area contributed by atoms with Crippen LogP contribution in [0.3, 0.4) is 0 Å². The molecule has 0 atom stereocenters. The summed E-state index contributed by atoms with van der Waals surface area (Å²) in [6.07, 6.45) is 2.03. The highest BCUT2D eigenvalue weighted by molar-refractivity contribution is 6.36. The lowest BCUT2D eigenvalue weighted by atomic mass is 9.99. The van der Waals surface area contributed by atoms with Crippen LogP contribution in [0.15, 0.2) is 12.1 Å². The largest absolute Gasteiger partial charge is 0.494 e.